The highest BCUT2D eigenvalue weighted by molar-refractivity contribution is 6.32. The van der Waals surface area contributed by atoms with Gasteiger partial charge in [0, 0.05) is 0 Å². The monoisotopic (exact) mass is 302 g/mol. The van der Waals surface area contributed by atoms with Crippen molar-refractivity contribution in [1.82, 2.24) is 0 Å². The number of hydrazone groups is 1. The van der Waals surface area contributed by atoms with Gasteiger partial charge in [-0.2, -0.15) is 28.8 Å². The molecule has 0 heterocycles. The molecule has 0 atom stereocenters. The molecule has 20 heavy (non-hydrogen) atoms. The summed E-state index contributed by atoms with van der Waals surface area (Å²) in [5.41, 5.74) is 2.25. The van der Waals surface area contributed by atoms with Crippen LogP contribution in [0.3, 0.4) is 0 Å². The van der Waals surface area contributed by atoms with Gasteiger partial charge in [-0.3, -0.25) is 5.43 Å². The van der Waals surface area contributed by atoms with E-state index in [1.165, 1.54) is 30.3 Å². The van der Waals surface area contributed by atoms with Crippen LogP contribution in [0.4, 0.5) is 18.9 Å². The van der Waals surface area contributed by atoms with E-state index < -0.39 is 18.5 Å². The third kappa shape index (κ3) is 5.04. The van der Waals surface area contributed by atoms with Crippen LogP contribution in [0.25, 0.3) is 0 Å². The Morgan fingerprint density at radius 1 is 1.35 bits per heavy atom. The lowest BCUT2D eigenvalue weighted by Crippen LogP contribution is -2.19. The zero-order valence-electron chi connectivity index (χ0n) is 9.70. The molecule has 5 nitrogen and oxygen atoms in total. The molecule has 104 valence electrons. The van der Waals surface area contributed by atoms with Gasteiger partial charge in [0.25, 0.3) is 0 Å². The Hall–Kier alpha value is -2.45. The van der Waals surface area contributed by atoms with Crippen LogP contribution >= 0.6 is 11.6 Å². The maximum absolute atomic E-state index is 12.0. The van der Waals surface area contributed by atoms with Gasteiger partial charge in [-0.25, -0.2) is 0 Å². The van der Waals surface area contributed by atoms with Gasteiger partial charge < -0.3 is 4.74 Å². The number of nitrogens with zero attached hydrogens (tertiary/aromatic N) is 3. The highest BCUT2D eigenvalue weighted by Crippen LogP contribution is 2.29. The van der Waals surface area contributed by atoms with Crippen LogP contribution in [0.1, 0.15) is 0 Å². The first-order valence-electron chi connectivity index (χ1n) is 4.98. The fourth-order valence-electron chi connectivity index (χ4n) is 1.04. The molecule has 0 aliphatic rings. The summed E-state index contributed by atoms with van der Waals surface area (Å²) in [5.74, 6) is -0.140. The lowest BCUT2D eigenvalue weighted by Gasteiger charge is -2.11. The summed E-state index contributed by atoms with van der Waals surface area (Å²) in [7, 11) is 0. The molecule has 0 amide bonds. The third-order valence-corrected chi connectivity index (χ3v) is 2.13. The van der Waals surface area contributed by atoms with Crippen LogP contribution < -0.4 is 10.2 Å². The molecule has 1 N–H and O–H groups in total. The third-order valence-electron chi connectivity index (χ3n) is 1.83. The molecule has 0 fully saturated rings. The van der Waals surface area contributed by atoms with Gasteiger partial charge in [0.05, 0.1) is 10.7 Å². The van der Waals surface area contributed by atoms with Crippen LogP contribution in [0, 0.1) is 22.7 Å². The number of nitrogens with one attached hydrogen (secondary N) is 1. The molecule has 0 aliphatic heterocycles. The van der Waals surface area contributed by atoms with Crippen LogP contribution in [-0.2, 0) is 0 Å². The van der Waals surface area contributed by atoms with E-state index in [0.29, 0.717) is 0 Å². The molecule has 0 saturated heterocycles. The Bertz CT molecular complexity index is 585. The summed E-state index contributed by atoms with van der Waals surface area (Å²) in [6.45, 7) is -1.45. The summed E-state index contributed by atoms with van der Waals surface area (Å²) < 4.78 is 40.4. The number of hydrogen-bond acceptors (Lipinski definition) is 5. The molecule has 1 rings (SSSR count). The Balaban J connectivity index is 2.77. The van der Waals surface area contributed by atoms with E-state index in [4.69, 9.17) is 22.1 Å². The topological polar surface area (TPSA) is 81.2 Å². The maximum Gasteiger partial charge on any atom is 0.422 e. The van der Waals surface area contributed by atoms with Crippen molar-refractivity contribution >= 4 is 23.0 Å². The minimum Gasteiger partial charge on any atom is -0.483 e. The van der Waals surface area contributed by atoms with Gasteiger partial charge >= 0.3 is 6.18 Å². The average Bonchev–Trinajstić information content (AvgIpc) is 2.38. The van der Waals surface area contributed by atoms with Crippen molar-refractivity contribution in [2.24, 2.45) is 5.10 Å². The molecule has 1 aromatic rings. The van der Waals surface area contributed by atoms with E-state index >= 15 is 0 Å². The molecule has 0 unspecified atom stereocenters. The predicted molar refractivity (Wildman–Crippen MR) is 65.3 cm³/mol. The van der Waals surface area contributed by atoms with Crippen LogP contribution in [0.15, 0.2) is 23.3 Å². The zero-order chi connectivity index (χ0) is 15.2. The molecule has 0 radical (unpaired) electrons. The molecule has 0 aromatic heterocycles. The Morgan fingerprint density at radius 3 is 2.50 bits per heavy atom. The number of hydrogen-bond donors (Lipinski definition) is 1. The quantitative estimate of drug-likeness (QED) is 0.684. The van der Waals surface area contributed by atoms with Crippen molar-refractivity contribution in [1.29, 1.82) is 10.5 Å². The SMILES string of the molecule is N#CC(C#N)=NNc1ccc(OCC(F)(F)F)c(Cl)c1. The van der Waals surface area contributed by atoms with E-state index in [0.717, 1.165) is 0 Å². The first-order chi connectivity index (χ1) is 9.35. The standard InChI is InChI=1S/C11H6ClF3N4O/c12-9-3-7(18-19-8(4-16)5-17)1-2-10(9)20-6-11(13,14)15/h1-3,18H,6H2. The maximum atomic E-state index is 12.0. The van der Waals surface area contributed by atoms with E-state index in [1.807, 2.05) is 0 Å². The van der Waals surface area contributed by atoms with Crippen molar-refractivity contribution in [3.63, 3.8) is 0 Å². The van der Waals surface area contributed by atoms with Gasteiger partial charge in [0.2, 0.25) is 5.71 Å². The molecular weight excluding hydrogens is 297 g/mol. The van der Waals surface area contributed by atoms with E-state index in [9.17, 15) is 13.2 Å². The number of benzene rings is 1. The Labute approximate surface area is 116 Å². The summed E-state index contributed by atoms with van der Waals surface area (Å²) in [6, 6.07) is 6.86. The lowest BCUT2D eigenvalue weighted by atomic mass is 10.3. The van der Waals surface area contributed by atoms with Crippen molar-refractivity contribution < 1.29 is 17.9 Å². The highest BCUT2D eigenvalue weighted by Gasteiger charge is 2.28. The van der Waals surface area contributed by atoms with E-state index in [1.54, 1.807) is 0 Å². The predicted octanol–water partition coefficient (Wildman–Crippen LogP) is 3.10. The van der Waals surface area contributed by atoms with E-state index in [-0.39, 0.29) is 16.5 Å². The highest BCUT2D eigenvalue weighted by atomic mass is 35.5. The van der Waals surface area contributed by atoms with Gasteiger partial charge in [0.1, 0.15) is 17.9 Å². The van der Waals surface area contributed by atoms with Gasteiger partial charge in [-0.05, 0) is 18.2 Å². The Morgan fingerprint density at radius 2 is 2.00 bits per heavy atom. The normalized spacial score (nSPS) is 10.1. The van der Waals surface area contributed by atoms with Crippen LogP contribution in [-0.4, -0.2) is 18.5 Å². The minimum atomic E-state index is -4.46. The second-order valence-electron chi connectivity index (χ2n) is 3.34. The second-order valence-corrected chi connectivity index (χ2v) is 3.75. The fourth-order valence-corrected chi connectivity index (χ4v) is 1.28. The molecule has 9 heteroatoms. The largest absolute Gasteiger partial charge is 0.483 e. The zero-order valence-corrected chi connectivity index (χ0v) is 10.5. The van der Waals surface area contributed by atoms with Gasteiger partial charge in [-0.1, -0.05) is 11.6 Å². The smallest absolute Gasteiger partial charge is 0.422 e. The summed E-state index contributed by atoms with van der Waals surface area (Å²) in [5, 5.41) is 20.3. The number of alkyl halides is 3. The molecule has 0 spiro atoms. The van der Waals surface area contributed by atoms with Crippen LogP contribution in [0.5, 0.6) is 5.75 Å². The number of nitriles is 2. The molecule has 1 aromatic carbocycles. The van der Waals surface area contributed by atoms with Crippen molar-refractivity contribution in [3.05, 3.63) is 23.2 Å². The minimum absolute atomic E-state index is 0.0649. The molecule has 0 saturated carbocycles. The number of anilines is 1. The second kappa shape index (κ2) is 6.64. The molecule has 0 bridgehead atoms. The van der Waals surface area contributed by atoms with Gasteiger partial charge in [-0.15, -0.1) is 0 Å². The van der Waals surface area contributed by atoms with Gasteiger partial charge in [0.15, 0.2) is 6.61 Å². The summed E-state index contributed by atoms with van der Waals surface area (Å²) >= 11 is 5.73. The number of ether oxygens (including phenoxy) is 1. The number of halogens is 4. The van der Waals surface area contributed by atoms with E-state index in [2.05, 4.69) is 15.3 Å². The Kier molecular flexibility index (Phi) is 5.18. The van der Waals surface area contributed by atoms with Crippen molar-refractivity contribution in [2.45, 2.75) is 6.18 Å². The molecular formula is C11H6ClF3N4O. The summed E-state index contributed by atoms with van der Waals surface area (Å²) in [4.78, 5) is 0. The molecule has 0 aliphatic carbocycles. The summed E-state index contributed by atoms with van der Waals surface area (Å²) in [6.07, 6.45) is -4.46. The first kappa shape index (κ1) is 15.6. The number of rotatable bonds is 4. The first-order valence-corrected chi connectivity index (χ1v) is 5.36. The van der Waals surface area contributed by atoms with Crippen molar-refractivity contribution in [3.8, 4) is 17.9 Å². The van der Waals surface area contributed by atoms with Crippen LogP contribution in [0.2, 0.25) is 5.02 Å². The average molecular weight is 303 g/mol. The lowest BCUT2D eigenvalue weighted by molar-refractivity contribution is -0.153. The fraction of sp³-hybridized carbons (Fsp3) is 0.182. The van der Waals surface area contributed by atoms with Crippen molar-refractivity contribution in [2.75, 3.05) is 12.0 Å².